The highest BCUT2D eigenvalue weighted by Crippen LogP contribution is 2.35. The van der Waals surface area contributed by atoms with Crippen molar-refractivity contribution in [3.63, 3.8) is 0 Å². The molecule has 4 heteroatoms. The lowest BCUT2D eigenvalue weighted by Crippen LogP contribution is -2.30. The molecule has 1 amide bonds. The molecule has 1 unspecified atom stereocenters. The predicted molar refractivity (Wildman–Crippen MR) is 73.6 cm³/mol. The number of hydrogen-bond acceptors (Lipinski definition) is 3. The van der Waals surface area contributed by atoms with E-state index in [-0.39, 0.29) is 11.8 Å². The van der Waals surface area contributed by atoms with Crippen LogP contribution in [0, 0.1) is 0 Å². The van der Waals surface area contributed by atoms with E-state index in [4.69, 9.17) is 5.73 Å². The molecule has 0 spiro atoms. The summed E-state index contributed by atoms with van der Waals surface area (Å²) >= 11 is 0. The number of nitrogens with one attached hydrogen (secondary N) is 1. The monoisotopic (exact) mass is 253 g/mol. The number of aromatic nitrogens is 1. The Morgan fingerprint density at radius 3 is 2.84 bits per heavy atom. The van der Waals surface area contributed by atoms with E-state index in [0.717, 1.165) is 17.5 Å². The summed E-state index contributed by atoms with van der Waals surface area (Å²) in [5.74, 6) is 0.533. The Bertz CT molecular complexity index is 607. The van der Waals surface area contributed by atoms with E-state index >= 15 is 0 Å². The van der Waals surface area contributed by atoms with Gasteiger partial charge in [0.1, 0.15) is 5.82 Å². The molecule has 19 heavy (non-hydrogen) atoms. The van der Waals surface area contributed by atoms with Gasteiger partial charge in [0, 0.05) is 12.7 Å². The number of rotatable bonds is 3. The fraction of sp³-hybridized carbons (Fsp3) is 0.200. The first-order valence-electron chi connectivity index (χ1n) is 6.31. The molecule has 2 aromatic rings. The largest absolute Gasteiger partial charge is 0.326 e. The zero-order valence-electron chi connectivity index (χ0n) is 10.5. The molecule has 96 valence electrons. The van der Waals surface area contributed by atoms with Gasteiger partial charge in [-0.2, -0.15) is 0 Å². The normalized spacial score (nSPS) is 16.4. The summed E-state index contributed by atoms with van der Waals surface area (Å²) in [6, 6.07) is 11.7. The standard InChI is InChI=1S/C15H15N3O/c16-8-10-5-6-14(17-9-10)18-15(19)13-7-11-3-1-2-4-12(11)13/h1-6,9,13H,7-8,16H2,(H,17,18,19). The highest BCUT2D eigenvalue weighted by atomic mass is 16.2. The molecule has 0 saturated heterocycles. The van der Waals surface area contributed by atoms with Gasteiger partial charge >= 0.3 is 0 Å². The van der Waals surface area contributed by atoms with E-state index in [0.29, 0.717) is 12.4 Å². The molecule has 3 rings (SSSR count). The Balaban J connectivity index is 1.69. The zero-order valence-corrected chi connectivity index (χ0v) is 10.5. The summed E-state index contributed by atoms with van der Waals surface area (Å²) < 4.78 is 0. The second-order valence-electron chi connectivity index (χ2n) is 4.70. The summed E-state index contributed by atoms with van der Waals surface area (Å²) in [6.07, 6.45) is 2.49. The van der Waals surface area contributed by atoms with Gasteiger partial charge in [0.15, 0.2) is 0 Å². The third kappa shape index (κ3) is 2.22. The van der Waals surface area contributed by atoms with Crippen LogP contribution in [0.1, 0.15) is 22.6 Å². The number of nitrogens with zero attached hydrogens (tertiary/aromatic N) is 1. The lowest BCUT2D eigenvalue weighted by Gasteiger charge is -2.28. The minimum absolute atomic E-state index is 0.00620. The fourth-order valence-corrected chi connectivity index (χ4v) is 2.33. The van der Waals surface area contributed by atoms with Crippen LogP contribution in [0.15, 0.2) is 42.6 Å². The van der Waals surface area contributed by atoms with Gasteiger partial charge in [-0.1, -0.05) is 30.3 Å². The summed E-state index contributed by atoms with van der Waals surface area (Å²) in [5.41, 5.74) is 8.84. The minimum Gasteiger partial charge on any atom is -0.326 e. The minimum atomic E-state index is -0.0489. The molecular weight excluding hydrogens is 238 g/mol. The van der Waals surface area contributed by atoms with Crippen molar-refractivity contribution in [1.82, 2.24) is 4.98 Å². The van der Waals surface area contributed by atoms with Gasteiger partial charge in [0.2, 0.25) is 5.91 Å². The molecule has 0 bridgehead atoms. The Labute approximate surface area is 111 Å². The SMILES string of the molecule is NCc1ccc(NC(=O)C2Cc3ccccc32)nc1. The molecule has 0 saturated carbocycles. The number of anilines is 1. The number of nitrogens with two attached hydrogens (primary N) is 1. The fourth-order valence-electron chi connectivity index (χ4n) is 2.33. The van der Waals surface area contributed by atoms with E-state index in [2.05, 4.69) is 16.4 Å². The molecule has 1 aliphatic carbocycles. The van der Waals surface area contributed by atoms with Crippen LogP contribution in [0.5, 0.6) is 0 Å². The smallest absolute Gasteiger partial charge is 0.233 e. The van der Waals surface area contributed by atoms with Crippen LogP contribution in [-0.2, 0) is 17.8 Å². The van der Waals surface area contributed by atoms with Crippen molar-refractivity contribution in [3.8, 4) is 0 Å². The molecule has 1 aromatic heterocycles. The number of amides is 1. The number of carbonyl (C=O) groups excluding carboxylic acids is 1. The highest BCUT2D eigenvalue weighted by Gasteiger charge is 2.31. The topological polar surface area (TPSA) is 68.0 Å². The summed E-state index contributed by atoms with van der Waals surface area (Å²) in [7, 11) is 0. The van der Waals surface area contributed by atoms with E-state index < -0.39 is 0 Å². The Hall–Kier alpha value is -2.20. The first-order chi connectivity index (χ1) is 9.28. The van der Waals surface area contributed by atoms with Crippen LogP contribution >= 0.6 is 0 Å². The molecule has 4 nitrogen and oxygen atoms in total. The molecule has 1 atom stereocenters. The summed E-state index contributed by atoms with van der Waals surface area (Å²) in [6.45, 7) is 0.456. The zero-order chi connectivity index (χ0) is 13.2. The quantitative estimate of drug-likeness (QED) is 0.876. The second-order valence-corrected chi connectivity index (χ2v) is 4.70. The van der Waals surface area contributed by atoms with Crippen LogP contribution in [0.2, 0.25) is 0 Å². The second kappa shape index (κ2) is 4.82. The molecule has 0 fully saturated rings. The molecule has 1 heterocycles. The Morgan fingerprint density at radius 1 is 1.32 bits per heavy atom. The van der Waals surface area contributed by atoms with Crippen LogP contribution in [0.25, 0.3) is 0 Å². The maximum absolute atomic E-state index is 12.1. The van der Waals surface area contributed by atoms with Gasteiger partial charge in [0.25, 0.3) is 0 Å². The van der Waals surface area contributed by atoms with Gasteiger partial charge in [-0.15, -0.1) is 0 Å². The van der Waals surface area contributed by atoms with Crippen LogP contribution < -0.4 is 11.1 Å². The van der Waals surface area contributed by atoms with Crippen molar-refractivity contribution in [2.45, 2.75) is 18.9 Å². The summed E-state index contributed by atoms with van der Waals surface area (Å²) in [5, 5.41) is 2.85. The first kappa shape index (κ1) is 11.9. The lowest BCUT2D eigenvalue weighted by atomic mass is 9.77. The van der Waals surface area contributed by atoms with Crippen molar-refractivity contribution in [3.05, 3.63) is 59.3 Å². The lowest BCUT2D eigenvalue weighted by molar-refractivity contribution is -0.118. The molecule has 0 radical (unpaired) electrons. The van der Waals surface area contributed by atoms with E-state index in [1.807, 2.05) is 24.3 Å². The molecule has 0 aliphatic heterocycles. The molecule has 3 N–H and O–H groups in total. The number of pyridine rings is 1. The maximum Gasteiger partial charge on any atom is 0.233 e. The van der Waals surface area contributed by atoms with Gasteiger partial charge in [-0.3, -0.25) is 4.79 Å². The number of hydrogen-bond donors (Lipinski definition) is 2. The van der Waals surface area contributed by atoms with Crippen LogP contribution in [-0.4, -0.2) is 10.9 Å². The first-order valence-corrected chi connectivity index (χ1v) is 6.31. The average molecular weight is 253 g/mol. The van der Waals surface area contributed by atoms with Crippen LogP contribution in [0.4, 0.5) is 5.82 Å². The number of benzene rings is 1. The van der Waals surface area contributed by atoms with Crippen molar-refractivity contribution < 1.29 is 4.79 Å². The van der Waals surface area contributed by atoms with Crippen molar-refractivity contribution >= 4 is 11.7 Å². The number of carbonyl (C=O) groups is 1. The van der Waals surface area contributed by atoms with Crippen LogP contribution in [0.3, 0.4) is 0 Å². The van der Waals surface area contributed by atoms with E-state index in [9.17, 15) is 4.79 Å². The van der Waals surface area contributed by atoms with E-state index in [1.54, 1.807) is 12.3 Å². The van der Waals surface area contributed by atoms with Gasteiger partial charge < -0.3 is 11.1 Å². The van der Waals surface area contributed by atoms with Gasteiger partial charge in [0.05, 0.1) is 5.92 Å². The number of fused-ring (bicyclic) bond motifs is 1. The summed E-state index contributed by atoms with van der Waals surface area (Å²) in [4.78, 5) is 16.3. The maximum atomic E-state index is 12.1. The molecular formula is C15H15N3O. The average Bonchev–Trinajstić information content (AvgIpc) is 2.41. The molecule has 1 aliphatic rings. The van der Waals surface area contributed by atoms with Gasteiger partial charge in [-0.25, -0.2) is 4.98 Å². The third-order valence-electron chi connectivity index (χ3n) is 3.48. The third-order valence-corrected chi connectivity index (χ3v) is 3.48. The molecule has 1 aromatic carbocycles. The van der Waals surface area contributed by atoms with Crippen molar-refractivity contribution in [1.29, 1.82) is 0 Å². The Morgan fingerprint density at radius 2 is 2.16 bits per heavy atom. The predicted octanol–water partition coefficient (Wildman–Crippen LogP) is 1.82. The van der Waals surface area contributed by atoms with E-state index in [1.165, 1.54) is 5.56 Å². The van der Waals surface area contributed by atoms with Crippen molar-refractivity contribution in [2.24, 2.45) is 5.73 Å². The van der Waals surface area contributed by atoms with Gasteiger partial charge in [-0.05, 0) is 29.2 Å². The van der Waals surface area contributed by atoms with Crippen molar-refractivity contribution in [2.75, 3.05) is 5.32 Å². The Kier molecular flexibility index (Phi) is 3.01. The highest BCUT2D eigenvalue weighted by molar-refractivity contribution is 5.97.